The van der Waals surface area contributed by atoms with Crippen LogP contribution in [0.15, 0.2) is 36.5 Å². The van der Waals surface area contributed by atoms with Crippen molar-refractivity contribution < 1.29 is 43.6 Å². The van der Waals surface area contributed by atoms with Crippen LogP contribution in [0.25, 0.3) is 0 Å². The zero-order valence-corrected chi connectivity index (χ0v) is 15.5. The van der Waals surface area contributed by atoms with Gasteiger partial charge in [-0.25, -0.2) is 14.4 Å². The van der Waals surface area contributed by atoms with Crippen LogP contribution in [0.4, 0.5) is 0 Å². The summed E-state index contributed by atoms with van der Waals surface area (Å²) < 4.78 is 14.6. The van der Waals surface area contributed by atoms with Gasteiger partial charge in [-0.1, -0.05) is 19.7 Å². The zero-order chi connectivity index (χ0) is 21.3. The second-order valence-electron chi connectivity index (χ2n) is 5.83. The molecule has 0 rings (SSSR count). The first-order valence-corrected chi connectivity index (χ1v) is 7.79. The van der Waals surface area contributed by atoms with Gasteiger partial charge in [0, 0.05) is 16.7 Å². The first kappa shape index (κ1) is 24.2. The molecule has 0 saturated heterocycles. The number of esters is 3. The molecule has 0 saturated carbocycles. The molecule has 150 valence electrons. The molecule has 9 nitrogen and oxygen atoms in total. The maximum atomic E-state index is 12.4. The first-order chi connectivity index (χ1) is 12.4. The fourth-order valence-electron chi connectivity index (χ4n) is 1.54. The van der Waals surface area contributed by atoms with Crippen LogP contribution in [-0.4, -0.2) is 65.4 Å². The number of Topliss-reactive ketones (excluding diaryl/α,β-unsaturated/α-hetero) is 1. The molecule has 0 aromatic rings. The normalized spacial score (nSPS) is 13.5. The molecule has 0 amide bonds. The second kappa shape index (κ2) is 11.0. The minimum absolute atomic E-state index is 0.0268. The van der Waals surface area contributed by atoms with Gasteiger partial charge in [-0.2, -0.15) is 0 Å². The molecular weight excluding hydrogens is 360 g/mol. The van der Waals surface area contributed by atoms with Gasteiger partial charge in [0.1, 0.15) is 6.10 Å². The molecule has 0 fully saturated rings. The largest absolute Gasteiger partial charge is 0.454 e. The van der Waals surface area contributed by atoms with Crippen LogP contribution in [0.3, 0.4) is 0 Å². The zero-order valence-electron chi connectivity index (χ0n) is 15.5. The van der Waals surface area contributed by atoms with Gasteiger partial charge in [0.25, 0.3) is 0 Å². The molecule has 2 N–H and O–H groups in total. The number of carbonyl (C=O) groups excluding carboxylic acids is 4. The van der Waals surface area contributed by atoms with Crippen molar-refractivity contribution in [2.75, 3.05) is 13.2 Å². The number of ketones is 1. The topological polar surface area (TPSA) is 136 Å². The summed E-state index contributed by atoms with van der Waals surface area (Å²) in [5.41, 5.74) is -0.106. The van der Waals surface area contributed by atoms with Crippen LogP contribution in [-0.2, 0) is 33.4 Å². The minimum Gasteiger partial charge on any atom is -0.454 e. The third kappa shape index (κ3) is 7.97. The Morgan fingerprint density at radius 1 is 0.852 bits per heavy atom. The Balaban J connectivity index is 5.68. The minimum atomic E-state index is -1.86. The summed E-state index contributed by atoms with van der Waals surface area (Å²) in [6, 6.07) is 0. The van der Waals surface area contributed by atoms with Crippen molar-refractivity contribution in [2.45, 2.75) is 39.1 Å². The third-order valence-corrected chi connectivity index (χ3v) is 3.05. The molecule has 9 heteroatoms. The van der Waals surface area contributed by atoms with E-state index < -0.39 is 55.2 Å². The van der Waals surface area contributed by atoms with Crippen molar-refractivity contribution in [1.29, 1.82) is 0 Å². The van der Waals surface area contributed by atoms with E-state index in [1.807, 2.05) is 0 Å². The van der Waals surface area contributed by atoms with Crippen molar-refractivity contribution in [1.82, 2.24) is 0 Å². The number of ether oxygens (including phenoxy) is 3. The molecule has 0 heterocycles. The van der Waals surface area contributed by atoms with E-state index in [1.165, 1.54) is 20.8 Å². The molecule has 0 aromatic heterocycles. The highest BCUT2D eigenvalue weighted by atomic mass is 16.6. The standard InChI is InChI=1S/C18H24O9/c1-9(2)16(22)25-8-13(21)15(27-18(24)11(5)6)14(12(20)7-19)26-17(23)10(3)4/h12,14-15,19-20H,1,3,5,7-8H2,2,4,6H3/t12-,14+,15+/m1/s1. The van der Waals surface area contributed by atoms with E-state index in [9.17, 15) is 29.4 Å². The average molecular weight is 384 g/mol. The van der Waals surface area contributed by atoms with Crippen LogP contribution in [0.2, 0.25) is 0 Å². The summed E-state index contributed by atoms with van der Waals surface area (Å²) >= 11 is 0. The summed E-state index contributed by atoms with van der Waals surface area (Å²) in [5, 5.41) is 19.1. The van der Waals surface area contributed by atoms with E-state index in [1.54, 1.807) is 0 Å². The number of rotatable bonds is 11. The molecule has 0 aromatic carbocycles. The Bertz CT molecular complexity index is 647. The Labute approximate surface area is 156 Å². The number of hydrogen-bond donors (Lipinski definition) is 2. The number of aliphatic hydroxyl groups is 2. The lowest BCUT2D eigenvalue weighted by molar-refractivity contribution is -0.180. The molecule has 27 heavy (non-hydrogen) atoms. The predicted octanol–water partition coefficient (Wildman–Crippen LogP) is 0.00380. The van der Waals surface area contributed by atoms with E-state index in [0.29, 0.717) is 0 Å². The Morgan fingerprint density at radius 2 is 1.30 bits per heavy atom. The van der Waals surface area contributed by atoms with Crippen molar-refractivity contribution in [3.05, 3.63) is 36.5 Å². The van der Waals surface area contributed by atoms with Gasteiger partial charge in [0.15, 0.2) is 12.7 Å². The number of hydrogen-bond acceptors (Lipinski definition) is 9. The number of aliphatic hydroxyl groups excluding tert-OH is 2. The van der Waals surface area contributed by atoms with Gasteiger partial charge < -0.3 is 24.4 Å². The summed E-state index contributed by atoms with van der Waals surface area (Å²) in [6.07, 6.45) is -5.40. The molecule has 3 atom stereocenters. The van der Waals surface area contributed by atoms with Crippen LogP contribution in [0.5, 0.6) is 0 Å². The van der Waals surface area contributed by atoms with E-state index in [2.05, 4.69) is 19.7 Å². The van der Waals surface area contributed by atoms with Crippen molar-refractivity contribution in [2.24, 2.45) is 0 Å². The highest BCUT2D eigenvalue weighted by Gasteiger charge is 2.40. The van der Waals surface area contributed by atoms with Gasteiger partial charge in [-0.05, 0) is 20.8 Å². The quantitative estimate of drug-likeness (QED) is 0.286. The highest BCUT2D eigenvalue weighted by Crippen LogP contribution is 2.15. The predicted molar refractivity (Wildman–Crippen MR) is 93.3 cm³/mol. The fraction of sp³-hybridized carbons (Fsp3) is 0.444. The van der Waals surface area contributed by atoms with Gasteiger partial charge in [0.05, 0.1) is 6.61 Å². The fourth-order valence-corrected chi connectivity index (χ4v) is 1.54. The molecule has 0 aliphatic heterocycles. The molecule has 0 unspecified atom stereocenters. The Hall–Kier alpha value is -2.78. The van der Waals surface area contributed by atoms with Crippen molar-refractivity contribution in [3.8, 4) is 0 Å². The summed E-state index contributed by atoms with van der Waals surface area (Å²) in [5.74, 6) is -3.87. The Kier molecular flexibility index (Phi) is 9.91. The first-order valence-electron chi connectivity index (χ1n) is 7.79. The number of carbonyl (C=O) groups is 4. The van der Waals surface area contributed by atoms with Crippen molar-refractivity contribution in [3.63, 3.8) is 0 Å². The van der Waals surface area contributed by atoms with Crippen molar-refractivity contribution >= 4 is 23.7 Å². The van der Waals surface area contributed by atoms with Crippen LogP contribution < -0.4 is 0 Å². The third-order valence-electron chi connectivity index (χ3n) is 3.05. The van der Waals surface area contributed by atoms with Gasteiger partial charge in [-0.15, -0.1) is 0 Å². The van der Waals surface area contributed by atoms with E-state index >= 15 is 0 Å². The molecule has 0 radical (unpaired) electrons. The SMILES string of the molecule is C=C(C)C(=O)OCC(=O)[C@H](OC(=O)C(=C)C)[C@@H](OC(=O)C(=C)C)[C@H](O)CO. The van der Waals surface area contributed by atoms with Gasteiger partial charge in [0.2, 0.25) is 11.9 Å². The summed E-state index contributed by atoms with van der Waals surface area (Å²) in [4.78, 5) is 47.5. The summed E-state index contributed by atoms with van der Waals surface area (Å²) in [7, 11) is 0. The van der Waals surface area contributed by atoms with Crippen LogP contribution >= 0.6 is 0 Å². The van der Waals surface area contributed by atoms with E-state index in [4.69, 9.17) is 14.2 Å². The van der Waals surface area contributed by atoms with Crippen LogP contribution in [0, 0.1) is 0 Å². The lowest BCUT2D eigenvalue weighted by Crippen LogP contribution is -2.50. The maximum absolute atomic E-state index is 12.4. The smallest absolute Gasteiger partial charge is 0.333 e. The van der Waals surface area contributed by atoms with Crippen LogP contribution in [0.1, 0.15) is 20.8 Å². The van der Waals surface area contributed by atoms with Gasteiger partial charge >= 0.3 is 17.9 Å². The lowest BCUT2D eigenvalue weighted by Gasteiger charge is -2.28. The average Bonchev–Trinajstić information content (AvgIpc) is 2.60. The second-order valence-corrected chi connectivity index (χ2v) is 5.83. The molecule has 0 aliphatic carbocycles. The summed E-state index contributed by atoms with van der Waals surface area (Å²) in [6.45, 7) is 12.3. The van der Waals surface area contributed by atoms with E-state index in [-0.39, 0.29) is 16.7 Å². The highest BCUT2D eigenvalue weighted by molar-refractivity contribution is 5.94. The lowest BCUT2D eigenvalue weighted by atomic mass is 10.0. The van der Waals surface area contributed by atoms with E-state index in [0.717, 1.165) is 0 Å². The Morgan fingerprint density at radius 3 is 1.70 bits per heavy atom. The maximum Gasteiger partial charge on any atom is 0.333 e. The molecule has 0 spiro atoms. The molecule has 0 bridgehead atoms. The molecular formula is C18H24O9. The molecule has 0 aliphatic rings. The monoisotopic (exact) mass is 384 g/mol. The van der Waals surface area contributed by atoms with Gasteiger partial charge in [-0.3, -0.25) is 4.79 Å².